The SMILES string of the molecule is CC(C)C(=O)c1ccn(Cc2ccccn2)c1. The number of rotatable bonds is 4. The van der Waals surface area contributed by atoms with Gasteiger partial charge in [0.05, 0.1) is 12.2 Å². The first-order chi connectivity index (χ1) is 8.16. The van der Waals surface area contributed by atoms with E-state index in [1.165, 1.54) is 0 Å². The summed E-state index contributed by atoms with van der Waals surface area (Å²) in [5, 5.41) is 0. The molecule has 0 fully saturated rings. The second-order valence-corrected chi connectivity index (χ2v) is 4.41. The van der Waals surface area contributed by atoms with Crippen LogP contribution in [0.4, 0.5) is 0 Å². The van der Waals surface area contributed by atoms with E-state index in [0.717, 1.165) is 11.3 Å². The molecule has 2 rings (SSSR count). The summed E-state index contributed by atoms with van der Waals surface area (Å²) in [6, 6.07) is 7.70. The number of carbonyl (C=O) groups excluding carboxylic acids is 1. The first-order valence-corrected chi connectivity index (χ1v) is 5.76. The maximum absolute atomic E-state index is 11.8. The largest absolute Gasteiger partial charge is 0.348 e. The highest BCUT2D eigenvalue weighted by Crippen LogP contribution is 2.10. The van der Waals surface area contributed by atoms with Crippen LogP contribution < -0.4 is 0 Å². The third-order valence-corrected chi connectivity index (χ3v) is 2.63. The van der Waals surface area contributed by atoms with Crippen molar-refractivity contribution in [3.05, 3.63) is 54.1 Å². The molecule has 2 aromatic heterocycles. The molecule has 0 aliphatic rings. The summed E-state index contributed by atoms with van der Waals surface area (Å²) >= 11 is 0. The Morgan fingerprint density at radius 2 is 2.18 bits per heavy atom. The summed E-state index contributed by atoms with van der Waals surface area (Å²) in [7, 11) is 0. The van der Waals surface area contributed by atoms with E-state index in [1.54, 1.807) is 6.20 Å². The zero-order chi connectivity index (χ0) is 12.3. The van der Waals surface area contributed by atoms with Crippen LogP contribution in [0.25, 0.3) is 0 Å². The molecule has 2 heterocycles. The van der Waals surface area contributed by atoms with Crippen LogP contribution in [0.1, 0.15) is 29.9 Å². The molecule has 2 aromatic rings. The van der Waals surface area contributed by atoms with Crippen molar-refractivity contribution in [2.45, 2.75) is 20.4 Å². The molecule has 0 aromatic carbocycles. The predicted molar refractivity (Wildman–Crippen MR) is 66.9 cm³/mol. The van der Waals surface area contributed by atoms with E-state index in [1.807, 2.05) is 55.1 Å². The molecule has 17 heavy (non-hydrogen) atoms. The quantitative estimate of drug-likeness (QED) is 0.754. The van der Waals surface area contributed by atoms with Gasteiger partial charge in [-0.05, 0) is 18.2 Å². The average Bonchev–Trinajstić information content (AvgIpc) is 2.77. The minimum Gasteiger partial charge on any atom is -0.348 e. The fourth-order valence-electron chi connectivity index (χ4n) is 1.70. The predicted octanol–water partition coefficient (Wildman–Crippen LogP) is 2.77. The maximum atomic E-state index is 11.8. The Labute approximate surface area is 101 Å². The van der Waals surface area contributed by atoms with Gasteiger partial charge in [-0.1, -0.05) is 19.9 Å². The van der Waals surface area contributed by atoms with Gasteiger partial charge in [-0.25, -0.2) is 0 Å². The van der Waals surface area contributed by atoms with Gasteiger partial charge >= 0.3 is 0 Å². The number of hydrogen-bond acceptors (Lipinski definition) is 2. The Bertz CT molecular complexity index is 500. The van der Waals surface area contributed by atoms with Gasteiger partial charge in [-0.2, -0.15) is 0 Å². The first kappa shape index (κ1) is 11.6. The number of ketones is 1. The van der Waals surface area contributed by atoms with Crippen LogP contribution in [0.15, 0.2) is 42.9 Å². The van der Waals surface area contributed by atoms with E-state index >= 15 is 0 Å². The van der Waals surface area contributed by atoms with Crippen LogP contribution in [0.3, 0.4) is 0 Å². The van der Waals surface area contributed by atoms with E-state index in [2.05, 4.69) is 4.98 Å². The highest BCUT2D eigenvalue weighted by molar-refractivity contribution is 5.97. The maximum Gasteiger partial charge on any atom is 0.166 e. The summed E-state index contributed by atoms with van der Waals surface area (Å²) in [6.07, 6.45) is 5.58. The van der Waals surface area contributed by atoms with E-state index in [-0.39, 0.29) is 11.7 Å². The minimum absolute atomic E-state index is 0.0423. The summed E-state index contributed by atoms with van der Waals surface area (Å²) < 4.78 is 1.98. The van der Waals surface area contributed by atoms with Crippen molar-refractivity contribution < 1.29 is 4.79 Å². The van der Waals surface area contributed by atoms with Crippen molar-refractivity contribution in [2.75, 3.05) is 0 Å². The van der Waals surface area contributed by atoms with Crippen LogP contribution in [0.5, 0.6) is 0 Å². The van der Waals surface area contributed by atoms with Crippen LogP contribution in [0, 0.1) is 5.92 Å². The molecule has 0 bridgehead atoms. The summed E-state index contributed by atoms with van der Waals surface area (Å²) in [5.74, 6) is 0.227. The normalized spacial score (nSPS) is 10.8. The lowest BCUT2D eigenvalue weighted by molar-refractivity contribution is 0.0939. The Morgan fingerprint density at radius 1 is 1.35 bits per heavy atom. The van der Waals surface area contributed by atoms with Crippen molar-refractivity contribution in [3.63, 3.8) is 0 Å². The van der Waals surface area contributed by atoms with Crippen LogP contribution in [-0.2, 0) is 6.54 Å². The number of pyridine rings is 1. The van der Waals surface area contributed by atoms with Crippen molar-refractivity contribution in [3.8, 4) is 0 Å². The Hall–Kier alpha value is -1.90. The second-order valence-electron chi connectivity index (χ2n) is 4.41. The number of hydrogen-bond donors (Lipinski definition) is 0. The fraction of sp³-hybridized carbons (Fsp3) is 0.286. The van der Waals surface area contributed by atoms with Crippen LogP contribution in [0.2, 0.25) is 0 Å². The highest BCUT2D eigenvalue weighted by Gasteiger charge is 2.11. The molecule has 0 radical (unpaired) electrons. The molecule has 3 nitrogen and oxygen atoms in total. The summed E-state index contributed by atoms with van der Waals surface area (Å²) in [4.78, 5) is 16.0. The number of nitrogens with zero attached hydrogens (tertiary/aromatic N) is 2. The molecule has 3 heteroatoms. The zero-order valence-corrected chi connectivity index (χ0v) is 10.1. The molecule has 88 valence electrons. The van der Waals surface area contributed by atoms with Gasteiger partial charge < -0.3 is 4.57 Å². The van der Waals surface area contributed by atoms with Gasteiger partial charge in [-0.15, -0.1) is 0 Å². The third-order valence-electron chi connectivity index (χ3n) is 2.63. The molecule has 0 amide bonds. The lowest BCUT2D eigenvalue weighted by Gasteiger charge is -2.02. The van der Waals surface area contributed by atoms with Gasteiger partial charge in [0, 0.05) is 30.1 Å². The van der Waals surface area contributed by atoms with Gasteiger partial charge in [0.15, 0.2) is 5.78 Å². The Morgan fingerprint density at radius 3 is 2.82 bits per heavy atom. The smallest absolute Gasteiger partial charge is 0.166 e. The van der Waals surface area contributed by atoms with Crippen molar-refractivity contribution >= 4 is 5.78 Å². The molecule has 0 saturated heterocycles. The van der Waals surface area contributed by atoms with E-state index in [9.17, 15) is 4.79 Å². The van der Waals surface area contributed by atoms with E-state index in [4.69, 9.17) is 0 Å². The average molecular weight is 228 g/mol. The molecule has 0 saturated carbocycles. The van der Waals surface area contributed by atoms with Crippen molar-refractivity contribution in [1.82, 2.24) is 9.55 Å². The molecule has 0 spiro atoms. The molecule has 0 N–H and O–H groups in total. The minimum atomic E-state index is 0.0423. The summed E-state index contributed by atoms with van der Waals surface area (Å²) in [5.41, 5.74) is 1.77. The van der Waals surface area contributed by atoms with Gasteiger partial charge in [0.1, 0.15) is 0 Å². The lowest BCUT2D eigenvalue weighted by Crippen LogP contribution is -2.06. The molecule has 0 aliphatic carbocycles. The molecule has 0 aliphatic heterocycles. The van der Waals surface area contributed by atoms with Gasteiger partial charge in [0.2, 0.25) is 0 Å². The van der Waals surface area contributed by atoms with Crippen LogP contribution in [-0.4, -0.2) is 15.3 Å². The second kappa shape index (κ2) is 4.95. The van der Waals surface area contributed by atoms with Crippen LogP contribution >= 0.6 is 0 Å². The van der Waals surface area contributed by atoms with Gasteiger partial charge in [-0.3, -0.25) is 9.78 Å². The third kappa shape index (κ3) is 2.81. The fourth-order valence-corrected chi connectivity index (χ4v) is 1.70. The monoisotopic (exact) mass is 228 g/mol. The van der Waals surface area contributed by atoms with E-state index < -0.39 is 0 Å². The topological polar surface area (TPSA) is 34.9 Å². The first-order valence-electron chi connectivity index (χ1n) is 5.76. The zero-order valence-electron chi connectivity index (χ0n) is 10.1. The molecular formula is C14H16N2O. The Balaban J connectivity index is 2.12. The summed E-state index contributed by atoms with van der Waals surface area (Å²) in [6.45, 7) is 4.53. The molecular weight excluding hydrogens is 212 g/mol. The molecule has 0 atom stereocenters. The number of Topliss-reactive ketones (excluding diaryl/α,β-unsaturated/α-hetero) is 1. The number of aromatic nitrogens is 2. The van der Waals surface area contributed by atoms with Crippen molar-refractivity contribution in [2.24, 2.45) is 5.92 Å². The van der Waals surface area contributed by atoms with Gasteiger partial charge in [0.25, 0.3) is 0 Å². The highest BCUT2D eigenvalue weighted by atomic mass is 16.1. The number of carbonyl (C=O) groups is 1. The Kier molecular flexibility index (Phi) is 3.38. The van der Waals surface area contributed by atoms with E-state index in [0.29, 0.717) is 6.54 Å². The molecule has 0 unspecified atom stereocenters. The lowest BCUT2D eigenvalue weighted by atomic mass is 10.0. The standard InChI is InChI=1S/C14H16N2O/c1-11(2)14(17)12-6-8-16(9-12)10-13-5-3-4-7-15-13/h3-9,11H,10H2,1-2H3. The van der Waals surface area contributed by atoms with Crippen molar-refractivity contribution in [1.29, 1.82) is 0 Å².